The van der Waals surface area contributed by atoms with Gasteiger partial charge in [-0.1, -0.05) is 30.0 Å². The van der Waals surface area contributed by atoms with Gasteiger partial charge in [-0.15, -0.1) is 10.2 Å². The summed E-state index contributed by atoms with van der Waals surface area (Å²) in [6, 6.07) is 11.8. The number of methoxy groups -OCH3 is 2. The molecular weight excluding hydrogens is 402 g/mol. The van der Waals surface area contributed by atoms with Crippen LogP contribution in [0.15, 0.2) is 46.0 Å². The van der Waals surface area contributed by atoms with E-state index in [1.165, 1.54) is 17.3 Å². The molecule has 3 aromatic rings. The molecule has 0 saturated heterocycles. The van der Waals surface area contributed by atoms with Crippen LogP contribution >= 0.6 is 11.8 Å². The zero-order valence-electron chi connectivity index (χ0n) is 17.2. The van der Waals surface area contributed by atoms with Crippen molar-refractivity contribution in [1.29, 1.82) is 0 Å². The zero-order chi connectivity index (χ0) is 21.1. The van der Waals surface area contributed by atoms with E-state index in [0.717, 1.165) is 23.1 Å². The number of fused-ring (bicyclic) bond motifs is 1. The summed E-state index contributed by atoms with van der Waals surface area (Å²) in [5.74, 6) is 2.15. The van der Waals surface area contributed by atoms with Crippen molar-refractivity contribution >= 4 is 17.7 Å². The first-order chi connectivity index (χ1) is 14.6. The molecule has 156 valence electrons. The second-order valence-electron chi connectivity index (χ2n) is 7.02. The summed E-state index contributed by atoms with van der Waals surface area (Å²) in [6.07, 6.45) is 0.782. The molecular formula is C22H23N3O4S. The second-order valence-corrected chi connectivity index (χ2v) is 7.94. The van der Waals surface area contributed by atoms with Crippen molar-refractivity contribution in [2.24, 2.45) is 0 Å². The third-order valence-electron chi connectivity index (χ3n) is 5.17. The summed E-state index contributed by atoms with van der Waals surface area (Å²) >= 11 is 1.26. The van der Waals surface area contributed by atoms with Crippen molar-refractivity contribution in [3.63, 3.8) is 0 Å². The third-order valence-corrected chi connectivity index (χ3v) is 5.98. The lowest BCUT2D eigenvalue weighted by molar-refractivity contribution is -0.129. The van der Waals surface area contributed by atoms with Crippen molar-refractivity contribution in [2.45, 2.75) is 25.1 Å². The van der Waals surface area contributed by atoms with Crippen molar-refractivity contribution in [3.05, 3.63) is 53.1 Å². The molecule has 0 radical (unpaired) electrons. The fourth-order valence-electron chi connectivity index (χ4n) is 3.50. The zero-order valence-corrected chi connectivity index (χ0v) is 18.0. The van der Waals surface area contributed by atoms with E-state index >= 15 is 0 Å². The summed E-state index contributed by atoms with van der Waals surface area (Å²) in [6.45, 7) is 3.21. The molecule has 1 amide bonds. The van der Waals surface area contributed by atoms with E-state index < -0.39 is 0 Å². The lowest BCUT2D eigenvalue weighted by atomic mass is 9.99. The molecule has 1 aromatic heterocycles. The van der Waals surface area contributed by atoms with Crippen molar-refractivity contribution < 1.29 is 18.7 Å². The average molecular weight is 426 g/mol. The number of rotatable bonds is 6. The van der Waals surface area contributed by atoms with Gasteiger partial charge >= 0.3 is 0 Å². The summed E-state index contributed by atoms with van der Waals surface area (Å²) < 4.78 is 16.5. The normalized spacial score (nSPS) is 13.1. The van der Waals surface area contributed by atoms with Gasteiger partial charge in [-0.25, -0.2) is 0 Å². The van der Waals surface area contributed by atoms with E-state index in [0.29, 0.717) is 35.7 Å². The third kappa shape index (κ3) is 4.14. The SMILES string of the molecule is COc1cc2c(cc1OC)CN(C(=O)CSc1nnc(-c3ccccc3C)o1)CC2. The quantitative estimate of drug-likeness (QED) is 0.557. The highest BCUT2D eigenvalue weighted by molar-refractivity contribution is 7.99. The fourth-order valence-corrected chi connectivity index (χ4v) is 4.17. The van der Waals surface area contributed by atoms with Gasteiger partial charge in [0.25, 0.3) is 5.22 Å². The molecule has 30 heavy (non-hydrogen) atoms. The van der Waals surface area contributed by atoms with Crippen LogP contribution in [-0.4, -0.2) is 47.5 Å². The van der Waals surface area contributed by atoms with Crippen LogP contribution in [0.4, 0.5) is 0 Å². The van der Waals surface area contributed by atoms with Gasteiger partial charge in [0.15, 0.2) is 11.5 Å². The molecule has 8 heteroatoms. The topological polar surface area (TPSA) is 77.7 Å². The van der Waals surface area contributed by atoms with Gasteiger partial charge in [-0.2, -0.15) is 0 Å². The number of aryl methyl sites for hydroxylation is 1. The Hall–Kier alpha value is -3.00. The van der Waals surface area contributed by atoms with Crippen molar-refractivity contribution in [1.82, 2.24) is 15.1 Å². The molecule has 0 bridgehead atoms. The smallest absolute Gasteiger partial charge is 0.277 e. The second kappa shape index (κ2) is 8.79. The van der Waals surface area contributed by atoms with E-state index in [2.05, 4.69) is 10.2 Å². The molecule has 0 N–H and O–H groups in total. The van der Waals surface area contributed by atoms with E-state index in [9.17, 15) is 4.79 Å². The van der Waals surface area contributed by atoms with E-state index in [1.54, 1.807) is 14.2 Å². The molecule has 0 atom stereocenters. The van der Waals surface area contributed by atoms with Crippen LogP contribution in [0, 0.1) is 6.92 Å². The highest BCUT2D eigenvalue weighted by Crippen LogP contribution is 2.33. The molecule has 1 aliphatic heterocycles. The van der Waals surface area contributed by atoms with Gasteiger partial charge in [-0.3, -0.25) is 4.79 Å². The number of benzene rings is 2. The molecule has 0 spiro atoms. The molecule has 1 aliphatic rings. The largest absolute Gasteiger partial charge is 0.493 e. The molecule has 0 fully saturated rings. The van der Waals surface area contributed by atoms with Gasteiger partial charge in [0, 0.05) is 18.7 Å². The van der Waals surface area contributed by atoms with Gasteiger partial charge < -0.3 is 18.8 Å². The number of hydrogen-bond donors (Lipinski definition) is 0. The van der Waals surface area contributed by atoms with Crippen LogP contribution in [-0.2, 0) is 17.8 Å². The maximum atomic E-state index is 12.7. The monoisotopic (exact) mass is 425 g/mol. The number of amides is 1. The molecule has 0 unspecified atom stereocenters. The summed E-state index contributed by atoms with van der Waals surface area (Å²) in [4.78, 5) is 14.6. The van der Waals surface area contributed by atoms with Gasteiger partial charge in [0.1, 0.15) is 0 Å². The summed E-state index contributed by atoms with van der Waals surface area (Å²) in [7, 11) is 3.24. The average Bonchev–Trinajstić information content (AvgIpc) is 3.25. The van der Waals surface area contributed by atoms with Gasteiger partial charge in [0.2, 0.25) is 11.8 Å². The minimum absolute atomic E-state index is 0.0380. The maximum absolute atomic E-state index is 12.7. The first-order valence-electron chi connectivity index (χ1n) is 9.63. The maximum Gasteiger partial charge on any atom is 0.277 e. The molecule has 0 aliphatic carbocycles. The number of thioether (sulfide) groups is 1. The first-order valence-corrected chi connectivity index (χ1v) is 10.6. The number of nitrogens with zero attached hydrogens (tertiary/aromatic N) is 3. The Morgan fingerprint density at radius 1 is 1.13 bits per heavy atom. The highest BCUT2D eigenvalue weighted by Gasteiger charge is 2.23. The van der Waals surface area contributed by atoms with Crippen LogP contribution in [0.2, 0.25) is 0 Å². The number of hydrogen-bond acceptors (Lipinski definition) is 7. The van der Waals surface area contributed by atoms with E-state index in [4.69, 9.17) is 13.9 Å². The van der Waals surface area contributed by atoms with Gasteiger partial charge in [0.05, 0.1) is 20.0 Å². The number of carbonyl (C=O) groups is 1. The van der Waals surface area contributed by atoms with Gasteiger partial charge in [-0.05, 0) is 48.2 Å². The first kappa shape index (κ1) is 20.3. The predicted octanol–water partition coefficient (Wildman–Crippen LogP) is 3.74. The predicted molar refractivity (Wildman–Crippen MR) is 114 cm³/mol. The summed E-state index contributed by atoms with van der Waals surface area (Å²) in [5.41, 5.74) is 4.23. The Labute approximate surface area is 179 Å². The molecule has 2 heterocycles. The molecule has 0 saturated carbocycles. The van der Waals surface area contributed by atoms with Crippen LogP contribution in [0.1, 0.15) is 16.7 Å². The van der Waals surface area contributed by atoms with Crippen molar-refractivity contribution in [3.8, 4) is 23.0 Å². The number of aromatic nitrogens is 2. The molecule has 2 aromatic carbocycles. The van der Waals surface area contributed by atoms with E-state index in [-0.39, 0.29) is 11.7 Å². The minimum atomic E-state index is 0.0380. The van der Waals surface area contributed by atoms with E-state index in [1.807, 2.05) is 48.2 Å². The standard InChI is InChI=1S/C22H23N3O4S/c1-14-6-4-5-7-17(14)21-23-24-22(29-21)30-13-20(26)25-9-8-15-10-18(27-2)19(28-3)11-16(15)12-25/h4-7,10-11H,8-9,12-13H2,1-3H3. The Morgan fingerprint density at radius 3 is 2.60 bits per heavy atom. The van der Waals surface area contributed by atoms with Crippen LogP contribution in [0.5, 0.6) is 11.5 Å². The Bertz CT molecular complexity index is 1070. The number of ether oxygens (including phenoxy) is 2. The molecule has 7 nitrogen and oxygen atoms in total. The van der Waals surface area contributed by atoms with Crippen LogP contribution in [0.25, 0.3) is 11.5 Å². The van der Waals surface area contributed by atoms with Crippen LogP contribution < -0.4 is 9.47 Å². The van der Waals surface area contributed by atoms with Crippen LogP contribution in [0.3, 0.4) is 0 Å². The number of carbonyl (C=O) groups excluding carboxylic acids is 1. The lowest BCUT2D eigenvalue weighted by Crippen LogP contribution is -2.37. The summed E-state index contributed by atoms with van der Waals surface area (Å²) in [5, 5.41) is 8.58. The Balaban J connectivity index is 1.39. The Morgan fingerprint density at radius 2 is 1.87 bits per heavy atom. The minimum Gasteiger partial charge on any atom is -0.493 e. The fraction of sp³-hybridized carbons (Fsp3) is 0.318. The van der Waals surface area contributed by atoms with Crippen molar-refractivity contribution in [2.75, 3.05) is 26.5 Å². The Kier molecular flexibility index (Phi) is 5.94. The highest BCUT2D eigenvalue weighted by atomic mass is 32.2. The molecule has 4 rings (SSSR count). The lowest BCUT2D eigenvalue weighted by Gasteiger charge is -2.29.